The summed E-state index contributed by atoms with van der Waals surface area (Å²) in [5.41, 5.74) is 1.97. The highest BCUT2D eigenvalue weighted by atomic mass is 16.5. The van der Waals surface area contributed by atoms with Crippen LogP contribution in [0.1, 0.15) is 69.4 Å². The van der Waals surface area contributed by atoms with Crippen LogP contribution >= 0.6 is 0 Å². The van der Waals surface area contributed by atoms with Crippen LogP contribution in [0.3, 0.4) is 0 Å². The second-order valence-electron chi connectivity index (χ2n) is 6.23. The van der Waals surface area contributed by atoms with Crippen LogP contribution in [0.2, 0.25) is 0 Å². The summed E-state index contributed by atoms with van der Waals surface area (Å²) < 4.78 is 10.5. The van der Waals surface area contributed by atoms with E-state index in [4.69, 9.17) is 9.47 Å². The van der Waals surface area contributed by atoms with Crippen molar-refractivity contribution in [2.24, 2.45) is 0 Å². The molecule has 0 heterocycles. The molecule has 0 radical (unpaired) electrons. The third-order valence-electron chi connectivity index (χ3n) is 3.84. The first-order valence-electron chi connectivity index (χ1n) is 8.96. The molecule has 4 heteroatoms. The number of rotatable bonds is 11. The minimum atomic E-state index is -0.309. The molecule has 24 heavy (non-hydrogen) atoms. The predicted molar refractivity (Wildman–Crippen MR) is 95.1 cm³/mol. The maximum absolute atomic E-state index is 11.8. The van der Waals surface area contributed by atoms with Crippen LogP contribution in [0.5, 0.6) is 5.75 Å². The molecule has 0 amide bonds. The molecular weight excluding hydrogens is 304 g/mol. The Morgan fingerprint density at radius 1 is 0.917 bits per heavy atom. The fourth-order valence-corrected chi connectivity index (χ4v) is 2.33. The highest BCUT2D eigenvalue weighted by Gasteiger charge is 2.10. The van der Waals surface area contributed by atoms with E-state index in [1.165, 1.54) is 19.3 Å². The molecule has 134 valence electrons. The molecule has 0 unspecified atom stereocenters. The van der Waals surface area contributed by atoms with Crippen LogP contribution in [-0.2, 0) is 14.3 Å². The van der Waals surface area contributed by atoms with Crippen LogP contribution < -0.4 is 4.74 Å². The van der Waals surface area contributed by atoms with Crippen LogP contribution in [-0.4, -0.2) is 18.5 Å². The summed E-state index contributed by atoms with van der Waals surface area (Å²) in [6.45, 7) is 6.51. The molecular formula is C20H30O4. The number of esters is 2. The van der Waals surface area contributed by atoms with Crippen molar-refractivity contribution in [3.05, 3.63) is 29.3 Å². The molecule has 0 atom stereocenters. The van der Waals surface area contributed by atoms with Crippen LogP contribution in [0.4, 0.5) is 0 Å². The van der Waals surface area contributed by atoms with E-state index in [0.29, 0.717) is 18.8 Å². The van der Waals surface area contributed by atoms with Gasteiger partial charge in [0.25, 0.3) is 0 Å². The lowest BCUT2D eigenvalue weighted by atomic mass is 10.1. The van der Waals surface area contributed by atoms with Crippen LogP contribution in [0.15, 0.2) is 18.2 Å². The molecule has 1 aromatic carbocycles. The molecule has 0 saturated carbocycles. The number of unbranched alkanes of at least 4 members (excludes halogenated alkanes) is 4. The van der Waals surface area contributed by atoms with Gasteiger partial charge < -0.3 is 9.47 Å². The van der Waals surface area contributed by atoms with Gasteiger partial charge in [0.15, 0.2) is 0 Å². The summed E-state index contributed by atoms with van der Waals surface area (Å²) in [7, 11) is 0. The number of ether oxygens (including phenoxy) is 2. The van der Waals surface area contributed by atoms with Gasteiger partial charge in [0, 0.05) is 12.8 Å². The maximum Gasteiger partial charge on any atom is 0.311 e. The number of hydrogen-bond donors (Lipinski definition) is 0. The standard InChI is InChI=1S/C20H30O4/c1-4-5-6-7-8-14-23-19(21)10-9-11-20(22)24-18-15-16(2)12-13-17(18)3/h12-13,15H,4-11,14H2,1-3H3. The lowest BCUT2D eigenvalue weighted by Gasteiger charge is -2.08. The molecule has 1 aromatic rings. The Bertz CT molecular complexity index is 522. The van der Waals surface area contributed by atoms with Gasteiger partial charge in [-0.15, -0.1) is 0 Å². The quantitative estimate of drug-likeness (QED) is 0.328. The average Bonchev–Trinajstić information content (AvgIpc) is 2.54. The monoisotopic (exact) mass is 334 g/mol. The first-order chi connectivity index (χ1) is 11.5. The number of carbonyl (C=O) groups excluding carboxylic acids is 2. The van der Waals surface area contributed by atoms with E-state index in [2.05, 4.69) is 6.92 Å². The van der Waals surface area contributed by atoms with Crippen LogP contribution in [0.25, 0.3) is 0 Å². The van der Waals surface area contributed by atoms with E-state index in [1.807, 2.05) is 32.0 Å². The highest BCUT2D eigenvalue weighted by molar-refractivity contribution is 5.74. The minimum absolute atomic E-state index is 0.221. The summed E-state index contributed by atoms with van der Waals surface area (Å²) in [6.07, 6.45) is 6.59. The number of hydrogen-bond acceptors (Lipinski definition) is 4. The zero-order chi connectivity index (χ0) is 17.8. The number of carbonyl (C=O) groups is 2. The highest BCUT2D eigenvalue weighted by Crippen LogP contribution is 2.19. The van der Waals surface area contributed by atoms with Gasteiger partial charge in [-0.3, -0.25) is 9.59 Å². The smallest absolute Gasteiger partial charge is 0.311 e. The van der Waals surface area contributed by atoms with E-state index < -0.39 is 0 Å². The Morgan fingerprint density at radius 2 is 1.62 bits per heavy atom. The van der Waals surface area contributed by atoms with Gasteiger partial charge in [-0.25, -0.2) is 0 Å². The maximum atomic E-state index is 11.8. The third-order valence-corrected chi connectivity index (χ3v) is 3.84. The molecule has 0 bridgehead atoms. The van der Waals surface area contributed by atoms with Gasteiger partial charge in [-0.05, 0) is 43.9 Å². The van der Waals surface area contributed by atoms with Crippen LogP contribution in [0, 0.1) is 13.8 Å². The molecule has 0 aliphatic heterocycles. The zero-order valence-corrected chi connectivity index (χ0v) is 15.2. The first kappa shape index (κ1) is 20.2. The van der Waals surface area contributed by atoms with Crippen molar-refractivity contribution in [3.8, 4) is 5.75 Å². The van der Waals surface area contributed by atoms with Crippen molar-refractivity contribution in [1.82, 2.24) is 0 Å². The lowest BCUT2D eigenvalue weighted by molar-refractivity contribution is -0.144. The largest absolute Gasteiger partial charge is 0.466 e. The van der Waals surface area contributed by atoms with Gasteiger partial charge in [-0.2, -0.15) is 0 Å². The second kappa shape index (κ2) is 11.7. The van der Waals surface area contributed by atoms with E-state index in [-0.39, 0.29) is 24.8 Å². The molecule has 4 nitrogen and oxygen atoms in total. The summed E-state index contributed by atoms with van der Waals surface area (Å²) in [4.78, 5) is 23.4. The SMILES string of the molecule is CCCCCCCOC(=O)CCCC(=O)Oc1cc(C)ccc1C. The van der Waals surface area contributed by atoms with Crippen molar-refractivity contribution >= 4 is 11.9 Å². The topological polar surface area (TPSA) is 52.6 Å². The Morgan fingerprint density at radius 3 is 2.38 bits per heavy atom. The normalized spacial score (nSPS) is 10.5. The van der Waals surface area contributed by atoms with Crippen molar-refractivity contribution < 1.29 is 19.1 Å². The van der Waals surface area contributed by atoms with Gasteiger partial charge in [0.05, 0.1) is 6.61 Å². The van der Waals surface area contributed by atoms with Crippen molar-refractivity contribution in [1.29, 1.82) is 0 Å². The summed E-state index contributed by atoms with van der Waals surface area (Å²) >= 11 is 0. The van der Waals surface area contributed by atoms with Gasteiger partial charge in [0.2, 0.25) is 0 Å². The Balaban J connectivity index is 2.14. The molecule has 0 spiro atoms. The van der Waals surface area contributed by atoms with Crippen molar-refractivity contribution in [2.45, 2.75) is 72.1 Å². The van der Waals surface area contributed by atoms with Gasteiger partial charge in [-0.1, -0.05) is 44.7 Å². The fraction of sp³-hybridized carbons (Fsp3) is 0.600. The fourth-order valence-electron chi connectivity index (χ4n) is 2.33. The molecule has 0 aliphatic rings. The minimum Gasteiger partial charge on any atom is -0.466 e. The van der Waals surface area contributed by atoms with E-state index in [1.54, 1.807) is 0 Å². The van der Waals surface area contributed by atoms with E-state index in [0.717, 1.165) is 24.0 Å². The van der Waals surface area contributed by atoms with E-state index in [9.17, 15) is 9.59 Å². The average molecular weight is 334 g/mol. The van der Waals surface area contributed by atoms with Crippen molar-refractivity contribution in [2.75, 3.05) is 6.61 Å². The first-order valence-corrected chi connectivity index (χ1v) is 8.96. The Labute approximate surface area is 145 Å². The third kappa shape index (κ3) is 8.70. The molecule has 0 saturated heterocycles. The predicted octanol–water partition coefficient (Wildman–Crippen LogP) is 4.89. The van der Waals surface area contributed by atoms with Gasteiger partial charge in [0.1, 0.15) is 5.75 Å². The van der Waals surface area contributed by atoms with E-state index >= 15 is 0 Å². The molecule has 0 N–H and O–H groups in total. The summed E-state index contributed by atoms with van der Waals surface area (Å²) in [6, 6.07) is 5.75. The Hall–Kier alpha value is -1.84. The molecule has 0 fully saturated rings. The summed E-state index contributed by atoms with van der Waals surface area (Å²) in [5.74, 6) is 0.0516. The molecule has 0 aromatic heterocycles. The van der Waals surface area contributed by atoms with Crippen molar-refractivity contribution in [3.63, 3.8) is 0 Å². The molecule has 0 aliphatic carbocycles. The number of benzene rings is 1. The Kier molecular flexibility index (Phi) is 9.81. The zero-order valence-electron chi connectivity index (χ0n) is 15.2. The molecule has 1 rings (SSSR count). The lowest BCUT2D eigenvalue weighted by Crippen LogP contribution is -2.11. The number of aryl methyl sites for hydroxylation is 2. The van der Waals surface area contributed by atoms with Gasteiger partial charge >= 0.3 is 11.9 Å². The second-order valence-corrected chi connectivity index (χ2v) is 6.23. The summed E-state index contributed by atoms with van der Waals surface area (Å²) in [5, 5.41) is 0.